The van der Waals surface area contributed by atoms with Gasteiger partial charge in [0.05, 0.1) is 6.61 Å². The molecular formula is C25H30FNO4PS+. The van der Waals surface area contributed by atoms with E-state index in [0.717, 1.165) is 58.8 Å². The van der Waals surface area contributed by atoms with Crippen molar-refractivity contribution < 1.29 is 23.1 Å². The van der Waals surface area contributed by atoms with Crippen molar-refractivity contribution in [1.29, 1.82) is 0 Å². The lowest BCUT2D eigenvalue weighted by Crippen LogP contribution is -2.16. The highest BCUT2D eigenvalue weighted by Gasteiger charge is 2.12. The van der Waals surface area contributed by atoms with Crippen molar-refractivity contribution in [2.45, 2.75) is 38.6 Å². The molecule has 2 aromatic carbocycles. The van der Waals surface area contributed by atoms with Crippen LogP contribution in [-0.4, -0.2) is 24.7 Å². The Hall–Kier alpha value is -2.15. The minimum absolute atomic E-state index is 0.220. The molecule has 0 saturated heterocycles. The highest BCUT2D eigenvalue weighted by molar-refractivity contribution is 7.32. The first-order chi connectivity index (χ1) is 16.1. The third-order valence-corrected chi connectivity index (χ3v) is 6.43. The Labute approximate surface area is 199 Å². The highest BCUT2D eigenvalue weighted by atomic mass is 32.1. The number of aryl methyl sites for hydroxylation is 1. The number of unbranched alkanes of at least 4 members (excludes halogenated alkanes) is 2. The average Bonchev–Trinajstić information content (AvgIpc) is 3.25. The van der Waals surface area contributed by atoms with E-state index in [0.29, 0.717) is 26.1 Å². The summed E-state index contributed by atoms with van der Waals surface area (Å²) < 4.78 is 34.9. The molecule has 1 atom stereocenters. The Morgan fingerprint density at radius 3 is 2.55 bits per heavy atom. The second-order valence-electron chi connectivity index (χ2n) is 7.68. The van der Waals surface area contributed by atoms with Gasteiger partial charge in [-0.25, -0.2) is 0 Å². The Balaban J connectivity index is 1.49. The van der Waals surface area contributed by atoms with Crippen molar-refractivity contribution in [2.24, 2.45) is 0 Å². The fourth-order valence-electron chi connectivity index (χ4n) is 3.47. The highest BCUT2D eigenvalue weighted by Crippen LogP contribution is 2.35. The Morgan fingerprint density at radius 1 is 0.939 bits per heavy atom. The zero-order valence-electron chi connectivity index (χ0n) is 18.5. The van der Waals surface area contributed by atoms with E-state index in [1.807, 2.05) is 24.3 Å². The van der Waals surface area contributed by atoms with Crippen molar-refractivity contribution >= 4 is 19.6 Å². The molecule has 1 unspecified atom stereocenters. The fourth-order valence-corrected chi connectivity index (χ4v) is 4.51. The first-order valence-corrected chi connectivity index (χ1v) is 13.1. The monoisotopic (exact) mass is 490 g/mol. The van der Waals surface area contributed by atoms with Crippen molar-refractivity contribution in [3.05, 3.63) is 76.9 Å². The summed E-state index contributed by atoms with van der Waals surface area (Å²) in [6.45, 7) is 2.15. The largest absolute Gasteiger partial charge is 0.694 e. The maximum atomic E-state index is 13.7. The lowest BCUT2D eigenvalue weighted by atomic mass is 10.1. The number of nitrogens with one attached hydrogen (secondary N) is 1. The van der Waals surface area contributed by atoms with E-state index >= 15 is 0 Å². The van der Waals surface area contributed by atoms with E-state index in [4.69, 9.17) is 9.63 Å². The molecule has 1 aromatic heterocycles. The molecule has 3 rings (SSSR count). The third kappa shape index (κ3) is 9.32. The quantitative estimate of drug-likeness (QED) is 0.188. The van der Waals surface area contributed by atoms with E-state index in [1.165, 1.54) is 11.6 Å². The summed E-state index contributed by atoms with van der Waals surface area (Å²) in [6.07, 6.45) is 4.90. The summed E-state index contributed by atoms with van der Waals surface area (Å²) in [4.78, 5) is 9.48. The van der Waals surface area contributed by atoms with Crippen LogP contribution in [-0.2, 0) is 22.1 Å². The predicted molar refractivity (Wildman–Crippen MR) is 131 cm³/mol. The smallest absolute Gasteiger partial charge is 0.493 e. The van der Waals surface area contributed by atoms with Crippen LogP contribution in [0.3, 0.4) is 0 Å². The van der Waals surface area contributed by atoms with Crippen LogP contribution in [0, 0.1) is 5.13 Å². The van der Waals surface area contributed by atoms with E-state index < -0.39 is 8.25 Å². The zero-order chi connectivity index (χ0) is 23.3. The number of hydrogen-bond donors (Lipinski definition) is 2. The standard InChI is InChI=1S/C25H29FNO4PS/c26-25-14-13-24(33-25)22-18-21(19-27-15-7-17-31-32(28)29)11-12-23(22)30-16-6-2-5-10-20-8-3-1-4-9-20/h1,3-4,8-9,11-14,18,27H,2,5-7,10,15-17,19H2/p+1. The molecule has 0 radical (unpaired) electrons. The van der Waals surface area contributed by atoms with Gasteiger partial charge in [0.2, 0.25) is 0 Å². The molecule has 0 bridgehead atoms. The van der Waals surface area contributed by atoms with Crippen molar-refractivity contribution in [3.63, 3.8) is 0 Å². The number of halogens is 1. The molecule has 0 saturated carbocycles. The minimum atomic E-state index is -2.54. The van der Waals surface area contributed by atoms with E-state index in [2.05, 4.69) is 34.1 Å². The first-order valence-electron chi connectivity index (χ1n) is 11.2. The number of hydrogen-bond acceptors (Lipinski definition) is 5. The molecule has 0 spiro atoms. The summed E-state index contributed by atoms with van der Waals surface area (Å²) >= 11 is 1.11. The molecule has 0 aliphatic heterocycles. The van der Waals surface area contributed by atoms with Crippen LogP contribution in [0.4, 0.5) is 4.39 Å². The summed E-state index contributed by atoms with van der Waals surface area (Å²) in [5.74, 6) is 0.767. The summed E-state index contributed by atoms with van der Waals surface area (Å²) in [7, 11) is -2.54. The molecular weight excluding hydrogens is 460 g/mol. The van der Waals surface area contributed by atoms with Gasteiger partial charge in [0.25, 0.3) is 0 Å². The van der Waals surface area contributed by atoms with Crippen LogP contribution in [0.25, 0.3) is 10.4 Å². The molecule has 5 nitrogen and oxygen atoms in total. The van der Waals surface area contributed by atoms with Crippen molar-refractivity contribution in [1.82, 2.24) is 5.32 Å². The average molecular weight is 491 g/mol. The SMILES string of the molecule is O=[P+](O)OCCCNCc1ccc(OCCCCCc2ccccc2)c(-c2ccc(F)s2)c1. The molecule has 8 heteroatoms. The van der Waals surface area contributed by atoms with Gasteiger partial charge in [0.15, 0.2) is 5.13 Å². The maximum Gasteiger partial charge on any atom is 0.694 e. The lowest BCUT2D eigenvalue weighted by Gasteiger charge is -2.13. The van der Waals surface area contributed by atoms with Gasteiger partial charge in [-0.3, -0.25) is 0 Å². The topological polar surface area (TPSA) is 67.8 Å². The first kappa shape index (κ1) is 25.5. The van der Waals surface area contributed by atoms with Gasteiger partial charge in [0.1, 0.15) is 12.4 Å². The van der Waals surface area contributed by atoms with Gasteiger partial charge in [-0.1, -0.05) is 36.4 Å². The van der Waals surface area contributed by atoms with E-state index in [-0.39, 0.29) is 11.7 Å². The van der Waals surface area contributed by atoms with Crippen LogP contribution in [0.1, 0.15) is 36.8 Å². The van der Waals surface area contributed by atoms with Crippen molar-refractivity contribution in [2.75, 3.05) is 19.8 Å². The number of ether oxygens (including phenoxy) is 1. The third-order valence-electron chi connectivity index (χ3n) is 5.12. The van der Waals surface area contributed by atoms with Gasteiger partial charge in [-0.2, -0.15) is 4.39 Å². The lowest BCUT2D eigenvalue weighted by molar-refractivity contribution is 0.276. The van der Waals surface area contributed by atoms with Crippen LogP contribution in [0.15, 0.2) is 60.7 Å². The molecule has 2 N–H and O–H groups in total. The summed E-state index contributed by atoms with van der Waals surface area (Å²) in [5.41, 5.74) is 3.32. The summed E-state index contributed by atoms with van der Waals surface area (Å²) in [6, 6.07) is 19.7. The molecule has 0 aliphatic carbocycles. The molecule has 33 heavy (non-hydrogen) atoms. The normalized spacial score (nSPS) is 11.5. The van der Waals surface area contributed by atoms with Crippen LogP contribution in [0.2, 0.25) is 0 Å². The molecule has 0 aliphatic rings. The van der Waals surface area contributed by atoms with Crippen LogP contribution < -0.4 is 10.1 Å². The fraction of sp³-hybridized carbons (Fsp3) is 0.360. The maximum absolute atomic E-state index is 13.7. The van der Waals surface area contributed by atoms with Gasteiger partial charge in [-0.05, 0) is 74.0 Å². The second-order valence-corrected chi connectivity index (χ2v) is 9.45. The molecule has 176 valence electrons. The van der Waals surface area contributed by atoms with E-state index in [1.54, 1.807) is 6.07 Å². The zero-order valence-corrected chi connectivity index (χ0v) is 20.3. The Kier molecular flexibility index (Phi) is 10.9. The molecule has 3 aromatic rings. The molecule has 1 heterocycles. The van der Waals surface area contributed by atoms with Gasteiger partial charge < -0.3 is 10.1 Å². The van der Waals surface area contributed by atoms with E-state index in [9.17, 15) is 8.96 Å². The van der Waals surface area contributed by atoms with Crippen LogP contribution >= 0.6 is 19.6 Å². The van der Waals surface area contributed by atoms with Crippen LogP contribution in [0.5, 0.6) is 5.75 Å². The van der Waals surface area contributed by atoms with Gasteiger partial charge in [-0.15, -0.1) is 20.8 Å². The van der Waals surface area contributed by atoms with Crippen molar-refractivity contribution in [3.8, 4) is 16.2 Å². The molecule has 0 fully saturated rings. The predicted octanol–water partition coefficient (Wildman–Crippen LogP) is 6.49. The Morgan fingerprint density at radius 2 is 1.79 bits per heavy atom. The molecule has 0 amide bonds. The second kappa shape index (κ2) is 14.2. The minimum Gasteiger partial charge on any atom is -0.493 e. The van der Waals surface area contributed by atoms with Gasteiger partial charge >= 0.3 is 8.25 Å². The Bertz CT molecular complexity index is 999. The summed E-state index contributed by atoms with van der Waals surface area (Å²) in [5, 5.41) is 3.07. The van der Waals surface area contributed by atoms with Gasteiger partial charge in [0, 0.05) is 21.6 Å². The number of rotatable bonds is 15. The number of thiophene rings is 1. The number of benzene rings is 2.